The first-order valence-electron chi connectivity index (χ1n) is 6.73. The Morgan fingerprint density at radius 1 is 1.14 bits per heavy atom. The fourth-order valence-electron chi connectivity index (χ4n) is 3.79. The fourth-order valence-corrected chi connectivity index (χ4v) is 8.61. The van der Waals surface area contributed by atoms with Gasteiger partial charge < -0.3 is 9.47 Å². The monoisotopic (exact) mass is 558 g/mol. The molecule has 0 amide bonds. The van der Waals surface area contributed by atoms with Gasteiger partial charge in [0.05, 0.1) is 5.92 Å². The summed E-state index contributed by atoms with van der Waals surface area (Å²) in [5.74, 6) is -1.36. The van der Waals surface area contributed by atoms with Crippen LogP contribution < -0.4 is 0 Å². The smallest absolute Gasteiger partial charge is 0.209 e. The van der Waals surface area contributed by atoms with Crippen molar-refractivity contribution in [1.82, 2.24) is 0 Å². The summed E-state index contributed by atoms with van der Waals surface area (Å²) in [7, 11) is 3.20. The van der Waals surface area contributed by atoms with Gasteiger partial charge in [0.2, 0.25) is 5.79 Å². The molecule has 3 aliphatic carbocycles. The summed E-state index contributed by atoms with van der Waals surface area (Å²) < 4.78 is 12.0. The van der Waals surface area contributed by atoms with Gasteiger partial charge in [-0.25, -0.2) is 0 Å². The number of ether oxygens (including phenoxy) is 2. The second kappa shape index (κ2) is 5.63. The van der Waals surface area contributed by atoms with Crippen molar-refractivity contribution >= 4 is 69.5 Å². The quantitative estimate of drug-likeness (QED) is 0.372. The molecule has 3 nitrogen and oxygen atoms in total. The van der Waals surface area contributed by atoms with Gasteiger partial charge in [0, 0.05) is 29.1 Å². The Hall–Kier alpha value is 0.730. The molecule has 2 bridgehead atoms. The fraction of sp³-hybridized carbons (Fsp3) is 0.533. The molecule has 0 N–H and O–H groups in total. The van der Waals surface area contributed by atoms with E-state index in [0.29, 0.717) is 6.42 Å². The van der Waals surface area contributed by atoms with Crippen molar-refractivity contribution in [2.45, 2.75) is 20.9 Å². The van der Waals surface area contributed by atoms with Crippen molar-refractivity contribution in [3.63, 3.8) is 0 Å². The minimum atomic E-state index is -1.02. The Balaban J connectivity index is 2.13. The summed E-state index contributed by atoms with van der Waals surface area (Å²) in [6.07, 6.45) is 8.22. The van der Waals surface area contributed by atoms with Crippen LogP contribution in [0.3, 0.4) is 0 Å². The van der Waals surface area contributed by atoms with Crippen LogP contribution in [-0.4, -0.2) is 34.4 Å². The Kier molecular flexibility index (Phi) is 4.49. The molecular weight excluding hydrogens is 548 g/mol. The van der Waals surface area contributed by atoms with E-state index >= 15 is 0 Å². The lowest BCUT2D eigenvalue weighted by molar-refractivity contribution is -0.213. The zero-order chi connectivity index (χ0) is 16.3. The van der Waals surface area contributed by atoms with E-state index in [-0.39, 0.29) is 17.6 Å². The highest BCUT2D eigenvalue weighted by atomic mass is 79.9. The summed E-state index contributed by atoms with van der Waals surface area (Å²) in [4.78, 5) is 13.0. The zero-order valence-electron chi connectivity index (χ0n) is 11.9. The Morgan fingerprint density at radius 2 is 1.68 bits per heavy atom. The van der Waals surface area contributed by atoms with Crippen LogP contribution in [0.5, 0.6) is 0 Å². The molecule has 3 unspecified atom stereocenters. The molecule has 22 heavy (non-hydrogen) atoms. The van der Waals surface area contributed by atoms with Crippen LogP contribution in [0, 0.1) is 11.8 Å². The predicted molar refractivity (Wildman–Crippen MR) is 99.8 cm³/mol. The number of methoxy groups -OCH3 is 2. The number of hydrogen-bond acceptors (Lipinski definition) is 3. The van der Waals surface area contributed by atoms with Gasteiger partial charge in [-0.1, -0.05) is 88.0 Å². The molecule has 0 spiro atoms. The second-order valence-corrected chi connectivity index (χ2v) is 9.81. The van der Waals surface area contributed by atoms with Gasteiger partial charge in [0.15, 0.2) is 0 Å². The van der Waals surface area contributed by atoms with E-state index in [0.717, 1.165) is 8.96 Å². The molecule has 0 saturated heterocycles. The first-order valence-corrected chi connectivity index (χ1v) is 9.90. The lowest BCUT2D eigenvalue weighted by Crippen LogP contribution is -2.57. The number of ketones is 1. The van der Waals surface area contributed by atoms with Crippen LogP contribution in [0.2, 0.25) is 0 Å². The van der Waals surface area contributed by atoms with Crippen molar-refractivity contribution < 1.29 is 14.3 Å². The summed E-state index contributed by atoms with van der Waals surface area (Å²) in [5, 5.41) is 0. The number of rotatable bonds is 4. The third-order valence-electron chi connectivity index (χ3n) is 4.82. The molecule has 0 aliphatic heterocycles. The molecule has 0 heterocycles. The second-order valence-electron chi connectivity index (χ2n) is 5.62. The van der Waals surface area contributed by atoms with Crippen molar-refractivity contribution in [1.29, 1.82) is 0 Å². The maximum Gasteiger partial charge on any atom is 0.209 e. The Morgan fingerprint density at radius 3 is 2.14 bits per heavy atom. The molecule has 0 aromatic rings. The number of carbonyl (C=O) groups is 1. The highest BCUT2D eigenvalue weighted by Crippen LogP contribution is 2.74. The maximum atomic E-state index is 13.0. The largest absolute Gasteiger partial charge is 0.350 e. The van der Waals surface area contributed by atoms with Crippen LogP contribution in [-0.2, 0) is 14.3 Å². The van der Waals surface area contributed by atoms with Gasteiger partial charge in [-0.3, -0.25) is 4.79 Å². The standard InChI is InChI=1S/C15H14Br4O3/c1-21-15(22-2)13(18)7-9(10(20)8-5-3-4-6-8)14(15,19)12(17)11(13)16/h3-6,8-9H,7H2,1-2H3. The van der Waals surface area contributed by atoms with E-state index in [1.807, 2.05) is 24.3 Å². The molecule has 0 aromatic carbocycles. The molecule has 3 aliphatic rings. The van der Waals surface area contributed by atoms with Crippen LogP contribution in [0.25, 0.3) is 0 Å². The summed E-state index contributed by atoms with van der Waals surface area (Å²) in [6.45, 7) is 0. The Bertz CT molecular complexity index is 610. The molecule has 0 aromatic heterocycles. The number of hydrogen-bond donors (Lipinski definition) is 0. The SMILES string of the molecule is COC1(OC)C2(Br)CC(C(=O)C3C=CC=C3)C1(Br)C(Br)=C2Br. The normalized spacial score (nSPS) is 39.3. The van der Waals surface area contributed by atoms with E-state index in [4.69, 9.17) is 9.47 Å². The highest BCUT2D eigenvalue weighted by molar-refractivity contribution is 9.16. The molecule has 3 rings (SSSR count). The number of allylic oxidation sites excluding steroid dienone is 4. The van der Waals surface area contributed by atoms with E-state index in [1.165, 1.54) is 0 Å². The van der Waals surface area contributed by atoms with Gasteiger partial charge in [-0.2, -0.15) is 0 Å². The third kappa shape index (κ3) is 1.81. The number of Topliss-reactive ketones (excluding diaryl/α,β-unsaturated/α-hetero) is 1. The summed E-state index contributed by atoms with van der Waals surface area (Å²) >= 11 is 14.8. The van der Waals surface area contributed by atoms with Crippen molar-refractivity contribution in [3.8, 4) is 0 Å². The molecule has 1 fully saturated rings. The van der Waals surface area contributed by atoms with Gasteiger partial charge in [0.25, 0.3) is 0 Å². The predicted octanol–water partition coefficient (Wildman–Crippen LogP) is 4.59. The minimum Gasteiger partial charge on any atom is -0.350 e. The van der Waals surface area contributed by atoms with E-state index in [1.54, 1.807) is 14.2 Å². The van der Waals surface area contributed by atoms with Gasteiger partial charge in [-0.15, -0.1) is 0 Å². The van der Waals surface area contributed by atoms with E-state index in [9.17, 15) is 4.79 Å². The van der Waals surface area contributed by atoms with Crippen LogP contribution in [0.1, 0.15) is 6.42 Å². The molecular formula is C15H14Br4O3. The van der Waals surface area contributed by atoms with Crippen LogP contribution in [0.4, 0.5) is 0 Å². The molecule has 120 valence electrons. The van der Waals surface area contributed by atoms with Crippen molar-refractivity contribution in [2.75, 3.05) is 14.2 Å². The first kappa shape index (κ1) is 17.5. The Labute approximate surface area is 163 Å². The summed E-state index contributed by atoms with van der Waals surface area (Å²) in [6, 6.07) is 0. The average Bonchev–Trinajstić information content (AvgIpc) is 3.13. The number of halogens is 4. The first-order chi connectivity index (χ1) is 10.3. The van der Waals surface area contributed by atoms with Crippen LogP contribution in [0.15, 0.2) is 33.3 Å². The number of fused-ring (bicyclic) bond motifs is 2. The zero-order valence-corrected chi connectivity index (χ0v) is 18.3. The average molecular weight is 562 g/mol. The van der Waals surface area contributed by atoms with Crippen molar-refractivity contribution in [2.24, 2.45) is 11.8 Å². The van der Waals surface area contributed by atoms with Crippen molar-refractivity contribution in [3.05, 3.63) is 33.3 Å². The van der Waals surface area contributed by atoms with E-state index < -0.39 is 14.4 Å². The molecule has 0 radical (unpaired) electrons. The highest BCUT2D eigenvalue weighted by Gasteiger charge is 2.80. The van der Waals surface area contributed by atoms with Gasteiger partial charge >= 0.3 is 0 Å². The lowest BCUT2D eigenvalue weighted by Gasteiger charge is -2.42. The topological polar surface area (TPSA) is 35.5 Å². The van der Waals surface area contributed by atoms with Crippen LogP contribution >= 0.6 is 63.7 Å². The third-order valence-corrected chi connectivity index (χ3v) is 11.2. The number of alkyl halides is 2. The molecule has 3 atom stereocenters. The van der Waals surface area contributed by atoms with E-state index in [2.05, 4.69) is 63.7 Å². The lowest BCUT2D eigenvalue weighted by atomic mass is 9.83. The van der Waals surface area contributed by atoms with Gasteiger partial charge in [0.1, 0.15) is 14.4 Å². The molecule has 1 saturated carbocycles. The number of carbonyl (C=O) groups excluding carboxylic acids is 1. The summed E-state index contributed by atoms with van der Waals surface area (Å²) in [5.41, 5.74) is 0. The van der Waals surface area contributed by atoms with Gasteiger partial charge in [-0.05, 0) is 6.42 Å². The molecule has 7 heteroatoms. The minimum absolute atomic E-state index is 0.152. The maximum absolute atomic E-state index is 13.0.